The molecular weight excluding hydrogens is 172 g/mol. The van der Waals surface area contributed by atoms with E-state index in [9.17, 15) is 0 Å². The molecule has 0 aromatic heterocycles. The molecule has 0 bridgehead atoms. The fourth-order valence-electron chi connectivity index (χ4n) is 3.27. The fourth-order valence-corrected chi connectivity index (χ4v) is 3.27. The smallest absolute Gasteiger partial charge is 0.0267 e. The Labute approximate surface area is 87.6 Å². The molecule has 2 nitrogen and oxygen atoms in total. The summed E-state index contributed by atoms with van der Waals surface area (Å²) >= 11 is 0. The lowest BCUT2D eigenvalue weighted by molar-refractivity contribution is 0.173. The quantitative estimate of drug-likeness (QED) is 0.535. The fraction of sp³-hybridized carbons (Fsp3) is 1.00. The van der Waals surface area contributed by atoms with Gasteiger partial charge in [-0.1, -0.05) is 26.2 Å². The van der Waals surface area contributed by atoms with E-state index in [-0.39, 0.29) is 0 Å². The van der Waals surface area contributed by atoms with Gasteiger partial charge in [0, 0.05) is 6.04 Å². The van der Waals surface area contributed by atoms with E-state index in [1.54, 1.807) is 0 Å². The van der Waals surface area contributed by atoms with Gasteiger partial charge in [-0.15, -0.1) is 0 Å². The van der Waals surface area contributed by atoms with Crippen LogP contribution in [0, 0.1) is 17.8 Å². The Hall–Kier alpha value is -0.0800. The predicted octanol–water partition coefficient (Wildman–Crippen LogP) is 2.44. The molecular formula is C12H24N2. The molecule has 14 heavy (non-hydrogen) atoms. The highest BCUT2D eigenvalue weighted by Crippen LogP contribution is 2.41. The summed E-state index contributed by atoms with van der Waals surface area (Å²) in [6, 6.07) is 0.625. The summed E-state index contributed by atoms with van der Waals surface area (Å²) in [5.41, 5.74) is 3.09. The largest absolute Gasteiger partial charge is 0.271 e. The zero-order valence-corrected chi connectivity index (χ0v) is 9.34. The normalized spacial score (nSPS) is 35.6. The Morgan fingerprint density at radius 2 is 2.00 bits per heavy atom. The maximum absolute atomic E-state index is 5.70. The van der Waals surface area contributed by atoms with Gasteiger partial charge in [0.25, 0.3) is 0 Å². The van der Waals surface area contributed by atoms with Crippen LogP contribution < -0.4 is 11.3 Å². The monoisotopic (exact) mass is 196 g/mol. The van der Waals surface area contributed by atoms with Gasteiger partial charge in [-0.05, 0) is 43.4 Å². The second kappa shape index (κ2) is 4.63. The first kappa shape index (κ1) is 10.4. The van der Waals surface area contributed by atoms with Gasteiger partial charge in [-0.3, -0.25) is 11.3 Å². The van der Waals surface area contributed by atoms with E-state index in [1.807, 2.05) is 0 Å². The van der Waals surface area contributed by atoms with Gasteiger partial charge < -0.3 is 0 Å². The van der Waals surface area contributed by atoms with Gasteiger partial charge in [-0.25, -0.2) is 0 Å². The van der Waals surface area contributed by atoms with Gasteiger partial charge in [-0.2, -0.15) is 0 Å². The lowest BCUT2D eigenvalue weighted by Gasteiger charge is -2.37. The molecule has 0 radical (unpaired) electrons. The summed E-state index contributed by atoms with van der Waals surface area (Å²) in [6.07, 6.45) is 9.85. The van der Waals surface area contributed by atoms with E-state index in [1.165, 1.54) is 44.9 Å². The molecule has 3 atom stereocenters. The SMILES string of the molecule is CCC1CCC(C(NN)C2CCC2)C1. The molecule has 0 aromatic rings. The first-order valence-corrected chi connectivity index (χ1v) is 6.31. The van der Waals surface area contributed by atoms with Gasteiger partial charge in [0.2, 0.25) is 0 Å². The highest BCUT2D eigenvalue weighted by atomic mass is 15.2. The van der Waals surface area contributed by atoms with Crippen molar-refractivity contribution in [3.63, 3.8) is 0 Å². The minimum Gasteiger partial charge on any atom is -0.271 e. The van der Waals surface area contributed by atoms with E-state index >= 15 is 0 Å². The molecule has 0 amide bonds. The standard InChI is InChI=1S/C12H24N2/c1-2-9-6-7-11(8-9)12(14-13)10-4-3-5-10/h9-12,14H,2-8,13H2,1H3. The molecule has 2 saturated carbocycles. The molecule has 0 aromatic carbocycles. The molecule has 2 rings (SSSR count). The van der Waals surface area contributed by atoms with Gasteiger partial charge in [0.05, 0.1) is 0 Å². The van der Waals surface area contributed by atoms with Crippen LogP contribution >= 0.6 is 0 Å². The van der Waals surface area contributed by atoms with Crippen LogP contribution in [-0.4, -0.2) is 6.04 Å². The second-order valence-corrected chi connectivity index (χ2v) is 5.23. The zero-order chi connectivity index (χ0) is 9.97. The number of hydrogen-bond donors (Lipinski definition) is 2. The predicted molar refractivity (Wildman–Crippen MR) is 59.6 cm³/mol. The number of hydrogen-bond acceptors (Lipinski definition) is 2. The zero-order valence-electron chi connectivity index (χ0n) is 9.34. The third-order valence-electron chi connectivity index (χ3n) is 4.52. The topological polar surface area (TPSA) is 38.0 Å². The summed E-state index contributed by atoms with van der Waals surface area (Å²) in [4.78, 5) is 0. The van der Waals surface area contributed by atoms with Gasteiger partial charge in [0.15, 0.2) is 0 Å². The Balaban J connectivity index is 1.86. The van der Waals surface area contributed by atoms with Gasteiger partial charge in [0.1, 0.15) is 0 Å². The Morgan fingerprint density at radius 3 is 2.43 bits per heavy atom. The maximum Gasteiger partial charge on any atom is 0.0267 e. The van der Waals surface area contributed by atoms with Crippen molar-refractivity contribution in [3.8, 4) is 0 Å². The summed E-state index contributed by atoms with van der Waals surface area (Å²) in [6.45, 7) is 2.32. The van der Waals surface area contributed by atoms with Crippen LogP contribution in [0.5, 0.6) is 0 Å². The third-order valence-corrected chi connectivity index (χ3v) is 4.52. The number of rotatable bonds is 4. The summed E-state index contributed by atoms with van der Waals surface area (Å²) in [7, 11) is 0. The highest BCUT2D eigenvalue weighted by molar-refractivity contribution is 4.90. The van der Waals surface area contributed by atoms with Crippen molar-refractivity contribution in [1.82, 2.24) is 5.43 Å². The summed E-state index contributed by atoms with van der Waals surface area (Å²) in [5, 5.41) is 0. The maximum atomic E-state index is 5.70. The van der Waals surface area contributed by atoms with Crippen molar-refractivity contribution < 1.29 is 0 Å². The average molecular weight is 196 g/mol. The average Bonchev–Trinajstić information content (AvgIpc) is 2.58. The lowest BCUT2D eigenvalue weighted by atomic mass is 9.74. The molecule has 0 spiro atoms. The minimum absolute atomic E-state index is 0.625. The lowest BCUT2D eigenvalue weighted by Crippen LogP contribution is -2.47. The highest BCUT2D eigenvalue weighted by Gasteiger charge is 2.36. The van der Waals surface area contributed by atoms with Crippen LogP contribution in [0.3, 0.4) is 0 Å². The molecule has 82 valence electrons. The Morgan fingerprint density at radius 1 is 1.21 bits per heavy atom. The molecule has 0 heterocycles. The molecule has 2 heteroatoms. The van der Waals surface area contributed by atoms with E-state index in [0.29, 0.717) is 6.04 Å². The van der Waals surface area contributed by atoms with Crippen LogP contribution in [0.25, 0.3) is 0 Å². The van der Waals surface area contributed by atoms with Crippen LogP contribution in [-0.2, 0) is 0 Å². The molecule has 2 aliphatic carbocycles. The molecule has 2 fully saturated rings. The molecule has 0 aliphatic heterocycles. The van der Waals surface area contributed by atoms with Crippen molar-refractivity contribution in [2.24, 2.45) is 23.6 Å². The summed E-state index contributed by atoms with van der Waals surface area (Å²) in [5.74, 6) is 8.44. The van der Waals surface area contributed by atoms with Crippen LogP contribution in [0.1, 0.15) is 51.9 Å². The van der Waals surface area contributed by atoms with E-state index in [2.05, 4.69) is 12.3 Å². The van der Waals surface area contributed by atoms with Crippen molar-refractivity contribution in [3.05, 3.63) is 0 Å². The third kappa shape index (κ3) is 1.96. The van der Waals surface area contributed by atoms with Crippen LogP contribution in [0.4, 0.5) is 0 Å². The van der Waals surface area contributed by atoms with E-state index in [4.69, 9.17) is 5.84 Å². The Kier molecular flexibility index (Phi) is 3.45. The minimum atomic E-state index is 0.625. The summed E-state index contributed by atoms with van der Waals surface area (Å²) < 4.78 is 0. The van der Waals surface area contributed by atoms with E-state index in [0.717, 1.165) is 17.8 Å². The molecule has 2 aliphatic rings. The van der Waals surface area contributed by atoms with E-state index < -0.39 is 0 Å². The van der Waals surface area contributed by atoms with Crippen LogP contribution in [0.15, 0.2) is 0 Å². The number of nitrogens with two attached hydrogens (primary N) is 1. The van der Waals surface area contributed by atoms with Crippen molar-refractivity contribution in [2.45, 2.75) is 57.9 Å². The molecule has 3 N–H and O–H groups in total. The number of hydrazine groups is 1. The van der Waals surface area contributed by atoms with Crippen LogP contribution in [0.2, 0.25) is 0 Å². The molecule has 3 unspecified atom stereocenters. The van der Waals surface area contributed by atoms with Crippen molar-refractivity contribution >= 4 is 0 Å². The number of nitrogens with one attached hydrogen (secondary N) is 1. The first-order chi connectivity index (χ1) is 6.85. The van der Waals surface area contributed by atoms with Crippen molar-refractivity contribution in [2.75, 3.05) is 0 Å². The van der Waals surface area contributed by atoms with Gasteiger partial charge >= 0.3 is 0 Å². The first-order valence-electron chi connectivity index (χ1n) is 6.31. The van der Waals surface area contributed by atoms with Crippen molar-refractivity contribution in [1.29, 1.82) is 0 Å². The Bertz CT molecular complexity index is 177. The molecule has 0 saturated heterocycles. The second-order valence-electron chi connectivity index (χ2n) is 5.23.